The number of aromatic nitrogens is 3. The number of nitrogen functional groups attached to an aromatic ring is 1. The fourth-order valence-electron chi connectivity index (χ4n) is 14.9. The number of rotatable bonds is 14. The molecule has 8 N–H and O–H groups in total. The van der Waals surface area contributed by atoms with Gasteiger partial charge in [-0.05, 0) is 300 Å². The summed E-state index contributed by atoms with van der Waals surface area (Å²) in [4.78, 5) is 100. The zero-order valence-electron chi connectivity index (χ0n) is 88.8. The molecule has 0 saturated carbocycles. The van der Waals surface area contributed by atoms with Crippen molar-refractivity contribution in [2.45, 2.75) is 285 Å². The normalized spacial score (nSPS) is 14.7. The molecule has 0 radical (unpaired) electrons. The third-order valence-corrected chi connectivity index (χ3v) is 23.7. The van der Waals surface area contributed by atoms with E-state index >= 15 is 0 Å². The molecule has 12 rings (SSSR count). The third kappa shape index (κ3) is 47.8. The molecule has 2 aliphatic heterocycles. The number of hydrogen-bond donors (Lipinski definition) is 7. The minimum Gasteiger partial charge on any atom is 2.00 e. The number of benzene rings is 7. The van der Waals surface area contributed by atoms with Gasteiger partial charge >= 0.3 is 54.2 Å². The molecular formula is C116H156Br2Cl3CuMgN10O8. The number of nitrogens with zero attached hydrogens (tertiary/aromatic N) is 4. The number of amides is 5. The largest absolute Gasteiger partial charge is 2.00 e. The number of aryl methyl sites for hydroxylation is 2. The molecule has 2 fully saturated rings. The Morgan fingerprint density at radius 3 is 1.13 bits per heavy atom. The molecule has 4 atom stereocenters. The van der Waals surface area contributed by atoms with E-state index in [1.165, 1.54) is 40.1 Å². The molecule has 3 aromatic heterocycles. The number of nitrogens with one attached hydrogen (secondary N) is 5. The minimum absolute atomic E-state index is 0. The molecule has 0 bridgehead atoms. The molecule has 5 amide bonds. The molecule has 7 aromatic carbocycles. The number of likely N-dealkylation sites (tertiary alicyclic amines) is 1. The van der Waals surface area contributed by atoms with Crippen molar-refractivity contribution in [3.05, 3.63) is 313 Å². The smallest absolute Gasteiger partial charge is 2.00 e. The zero-order valence-corrected chi connectivity index (χ0v) is 96.6. The van der Waals surface area contributed by atoms with Crippen molar-refractivity contribution in [1.82, 2.24) is 25.2 Å². The van der Waals surface area contributed by atoms with E-state index in [2.05, 4.69) is 335 Å². The van der Waals surface area contributed by atoms with E-state index < -0.39 is 11.2 Å². The Morgan fingerprint density at radius 1 is 0.440 bits per heavy atom. The summed E-state index contributed by atoms with van der Waals surface area (Å²) in [5.41, 5.74) is 22.3. The first-order chi connectivity index (χ1) is 64.3. The Kier molecular flexibility index (Phi) is 53.3. The molecule has 10 aromatic rings. The maximum Gasteiger partial charge on any atom is 2.00 e. The van der Waals surface area contributed by atoms with Crippen LogP contribution >= 0.6 is 53.6 Å². The summed E-state index contributed by atoms with van der Waals surface area (Å²) in [5, 5.41) is 23.9. The van der Waals surface area contributed by atoms with Crippen LogP contribution in [-0.2, 0) is 58.2 Å². The molecule has 5 heterocycles. The standard InChI is InChI=1S/C29H40N2O2.C21H34N2O.C21H28N2O.C16H17BrN2O.C10H15N.C8H7ClO.C6H4BrNO2.C5H11.2ClH.Cu.Mg/c1-20-12-8-9-15-23(20)27(33)31-17-11-16-24(25(31)19-28(2,3)4)26(32)30-22-14-10-13-21(18-22)29(5,6)7;2*1-20(2,3)14-18-17(11-8-12-22-18)19(24)23-16-10-7-9-15(13-16)21(4,5)6;1-16(2,3)11-6-4-7-12(10-11)19-15(20)13-8-5-9-18-14(13)17;1-10(2,3)8-5-4-6-9(11)7-8;1-6-4-2-3-5-7(6)8(9)10;7-5-4(6(9)10)2-1-3-8-5;1-5(2,3)4;;;;/h8-10,12-15,18,24-25H,11,16-17,19H2,1-7H3,(H,30,32);7,9-10,13,17-18,22H,8,11-12,14H2,1-6H3,(H,23,24);7-13H,14H2,1-6H3,(H,23,24);4-10H,1-3H3,(H,19,20);4-7H,11H2,1-3H3;2-5H,1H3;1-3H,(H,9,10);1H2,2-4H3;2*1H;;/q;;;;;;;-1;;;+1;+2/p-2/t24-,25-;17-,18-;;;;;;;;;;/m00........../s1. The molecule has 2 saturated heterocycles. The second-order valence-corrected chi connectivity index (χ2v) is 47.3. The maximum atomic E-state index is 13.6. The molecule has 25 heteroatoms. The first-order valence-corrected chi connectivity index (χ1v) is 50.8. The van der Waals surface area contributed by atoms with Crippen LogP contribution in [0.2, 0.25) is 0 Å². The SMILES string of the molecule is CC(C)(C)C[C@@H]1NCCC[C@@H]1C(=O)Nc1cccc(C(C)(C)C)c1.CC(C)(C)Cc1ncccc1C(=O)Nc1cccc(C(C)(C)C)c1.CC(C)(C)c1cccc(N)c1.CC(C)(C)c1cccc(NC(=O)c2cccnc2Br)c1.Cc1ccccc1C(=O)Cl.Cc1ccccc1C(=O)N1CCC[C@H](C(=O)Nc2cccc(C(C)(C)C)c2)[C@@H]1CC(C)(C)C.O=C(O)c1cccnc1Br.[CH2-]C(C)(C)C.[Cl-].[Cl][Cu].[Mg+2]. The summed E-state index contributed by atoms with van der Waals surface area (Å²) in [5.74, 6) is -1.22. The number of aromatic carboxylic acids is 1. The predicted molar refractivity (Wildman–Crippen MR) is 591 cm³/mol. The van der Waals surface area contributed by atoms with Gasteiger partial charge in [0.15, 0.2) is 0 Å². The van der Waals surface area contributed by atoms with E-state index in [0.29, 0.717) is 32.4 Å². The number of halogens is 5. The van der Waals surface area contributed by atoms with Gasteiger partial charge < -0.3 is 61.7 Å². The van der Waals surface area contributed by atoms with Gasteiger partial charge in [0.1, 0.15) is 9.21 Å². The van der Waals surface area contributed by atoms with Gasteiger partial charge in [-0.1, -0.05) is 284 Å². The van der Waals surface area contributed by atoms with Crippen LogP contribution in [0, 0.1) is 54.3 Å². The quantitative estimate of drug-likeness (QED) is 0.0176. The molecule has 0 spiro atoms. The van der Waals surface area contributed by atoms with Crippen molar-refractivity contribution in [3.63, 3.8) is 0 Å². The Balaban J connectivity index is 0.000000567. The maximum absolute atomic E-state index is 13.6. The van der Waals surface area contributed by atoms with Crippen molar-refractivity contribution in [2.75, 3.05) is 40.1 Å². The average molecular weight is 2170 g/mol. The van der Waals surface area contributed by atoms with Crippen LogP contribution in [0.4, 0.5) is 28.4 Å². The van der Waals surface area contributed by atoms with Crippen LogP contribution in [0.1, 0.15) is 322 Å². The molecule has 18 nitrogen and oxygen atoms in total. The van der Waals surface area contributed by atoms with Gasteiger partial charge in [0.05, 0.1) is 34.2 Å². The fourth-order valence-corrected chi connectivity index (χ4v) is 16.0. The van der Waals surface area contributed by atoms with Crippen LogP contribution in [0.25, 0.3) is 0 Å². The predicted octanol–water partition coefficient (Wildman–Crippen LogP) is 26.6. The number of pyridine rings is 3. The molecule has 141 heavy (non-hydrogen) atoms. The average Bonchev–Trinajstić information content (AvgIpc) is 0.780. The van der Waals surface area contributed by atoms with Crippen molar-refractivity contribution in [2.24, 2.45) is 33.5 Å². The Bertz CT molecular complexity index is 5580. The van der Waals surface area contributed by atoms with E-state index in [1.54, 1.807) is 42.7 Å². The first-order valence-electron chi connectivity index (χ1n) is 47.5. The van der Waals surface area contributed by atoms with Crippen molar-refractivity contribution < 1.29 is 66.2 Å². The van der Waals surface area contributed by atoms with Gasteiger partial charge in [0.25, 0.3) is 23.0 Å². The zero-order chi connectivity index (χ0) is 105. The summed E-state index contributed by atoms with van der Waals surface area (Å²) in [6.45, 7) is 67.8. The number of carbonyl (C=O) groups is 7. The summed E-state index contributed by atoms with van der Waals surface area (Å²) in [6.07, 6.45) is 11.1. The Labute approximate surface area is 901 Å². The van der Waals surface area contributed by atoms with E-state index in [1.807, 2.05) is 146 Å². The number of carboxylic acid groups (broad SMARTS) is 1. The summed E-state index contributed by atoms with van der Waals surface area (Å²) < 4.78 is 0.909. The molecule has 0 unspecified atom stereocenters. The fraction of sp³-hybridized carbons (Fsp3) is 0.440. The van der Waals surface area contributed by atoms with Gasteiger partial charge in [0, 0.05) is 76.8 Å². The molecule has 766 valence electrons. The Morgan fingerprint density at radius 2 is 0.780 bits per heavy atom. The first kappa shape index (κ1) is 128. The van der Waals surface area contributed by atoms with Crippen molar-refractivity contribution >= 4 is 146 Å². The second kappa shape index (κ2) is 58.5. The van der Waals surface area contributed by atoms with E-state index in [0.717, 1.165) is 102 Å². The van der Waals surface area contributed by atoms with Gasteiger partial charge in [0.2, 0.25) is 11.8 Å². The van der Waals surface area contributed by atoms with Crippen molar-refractivity contribution in [1.29, 1.82) is 0 Å². The number of hydrogen-bond acceptors (Lipinski definition) is 12. The minimum atomic E-state index is -0.972. The van der Waals surface area contributed by atoms with Crippen LogP contribution < -0.4 is 44.7 Å². The summed E-state index contributed by atoms with van der Waals surface area (Å²) in [6, 6.07) is 65.7. The second-order valence-electron chi connectivity index (χ2n) is 45.4. The summed E-state index contributed by atoms with van der Waals surface area (Å²) >= 11 is 15.2. The molecule has 0 aliphatic carbocycles. The topological polar surface area (TPSA) is 268 Å². The van der Waals surface area contributed by atoms with Crippen molar-refractivity contribution in [3.8, 4) is 0 Å². The van der Waals surface area contributed by atoms with E-state index in [9.17, 15) is 33.6 Å². The number of piperidine rings is 2. The molecular weight excluding hydrogens is 2020 g/mol. The number of anilines is 5. The van der Waals surface area contributed by atoms with Gasteiger partial charge in [-0.3, -0.25) is 33.8 Å². The van der Waals surface area contributed by atoms with E-state index in [4.69, 9.17) is 22.4 Å². The Hall–Kier alpha value is -8.64. The van der Waals surface area contributed by atoms with E-state index in [-0.39, 0.29) is 143 Å². The summed E-state index contributed by atoms with van der Waals surface area (Å²) in [7, 11) is 4.20. The van der Waals surface area contributed by atoms with Gasteiger partial charge in [-0.25, -0.2) is 14.8 Å². The number of carboxylic acids is 1. The molecule has 2 aliphatic rings. The number of nitrogens with two attached hydrogens (primary N) is 1. The van der Waals surface area contributed by atoms with Crippen LogP contribution in [0.3, 0.4) is 0 Å². The van der Waals surface area contributed by atoms with Gasteiger partial charge in [-0.15, -0.1) is 0 Å². The number of carbonyl (C=O) groups excluding carboxylic acids is 6. The monoisotopic (exact) mass is 2170 g/mol. The van der Waals surface area contributed by atoms with Crippen LogP contribution in [-0.4, -0.2) is 114 Å². The van der Waals surface area contributed by atoms with Crippen LogP contribution in [0.5, 0.6) is 0 Å². The van der Waals surface area contributed by atoms with Crippen LogP contribution in [0.15, 0.2) is 234 Å². The van der Waals surface area contributed by atoms with Gasteiger partial charge in [-0.2, -0.15) is 5.41 Å². The third-order valence-electron chi connectivity index (χ3n) is 22.2.